The van der Waals surface area contributed by atoms with Crippen LogP contribution in [0, 0.1) is 18.3 Å². The van der Waals surface area contributed by atoms with E-state index in [1.54, 1.807) is 0 Å². The fraction of sp³-hybridized carbons (Fsp3) is 0.846. The number of hydrogen-bond acceptors (Lipinski definition) is 2. The zero-order valence-corrected chi connectivity index (χ0v) is 9.87. The summed E-state index contributed by atoms with van der Waals surface area (Å²) < 4.78 is 0. The van der Waals surface area contributed by atoms with Gasteiger partial charge in [-0.25, -0.2) is 0 Å². The van der Waals surface area contributed by atoms with Crippen LogP contribution in [0.25, 0.3) is 0 Å². The first-order valence-electron chi connectivity index (χ1n) is 6.17. The molecule has 15 heavy (non-hydrogen) atoms. The van der Waals surface area contributed by atoms with Crippen molar-refractivity contribution in [1.82, 2.24) is 10.2 Å². The fourth-order valence-electron chi connectivity index (χ4n) is 3.31. The van der Waals surface area contributed by atoms with Crippen LogP contribution in [0.1, 0.15) is 32.6 Å². The molecule has 0 spiro atoms. The largest absolute Gasteiger partial charge is 0.304 e. The Balaban J connectivity index is 1.98. The van der Waals surface area contributed by atoms with Gasteiger partial charge in [0.2, 0.25) is 0 Å². The molecule has 0 aromatic carbocycles. The van der Waals surface area contributed by atoms with Crippen LogP contribution in [-0.4, -0.2) is 36.6 Å². The molecule has 2 bridgehead atoms. The molecule has 0 saturated carbocycles. The van der Waals surface area contributed by atoms with Crippen molar-refractivity contribution in [2.45, 2.75) is 50.7 Å². The standard InChI is InChI=1S/C13H22N2/c1-4-13(14-5-2)10-8-11-6-7-12(9-10)15(11)3/h1,10-14H,5-9H2,2-3H3. The molecule has 0 aliphatic carbocycles. The second-order valence-corrected chi connectivity index (χ2v) is 4.98. The van der Waals surface area contributed by atoms with Gasteiger partial charge < -0.3 is 10.2 Å². The molecule has 2 fully saturated rings. The van der Waals surface area contributed by atoms with Crippen LogP contribution in [-0.2, 0) is 0 Å². The van der Waals surface area contributed by atoms with Crippen LogP contribution in [0.15, 0.2) is 0 Å². The Labute approximate surface area is 93.4 Å². The quantitative estimate of drug-likeness (QED) is 0.704. The van der Waals surface area contributed by atoms with E-state index in [4.69, 9.17) is 6.42 Å². The Morgan fingerprint density at radius 2 is 2.00 bits per heavy atom. The minimum absolute atomic E-state index is 0.298. The van der Waals surface area contributed by atoms with Gasteiger partial charge >= 0.3 is 0 Å². The molecule has 0 amide bonds. The first-order chi connectivity index (χ1) is 7.26. The Hall–Kier alpha value is -0.520. The summed E-state index contributed by atoms with van der Waals surface area (Å²) in [5.74, 6) is 3.62. The van der Waals surface area contributed by atoms with Gasteiger partial charge in [-0.1, -0.05) is 12.8 Å². The van der Waals surface area contributed by atoms with Crippen molar-refractivity contribution in [3.8, 4) is 12.3 Å². The molecule has 2 aliphatic rings. The first kappa shape index (κ1) is 11.0. The second-order valence-electron chi connectivity index (χ2n) is 4.98. The molecule has 2 rings (SSSR count). The average molecular weight is 206 g/mol. The van der Waals surface area contributed by atoms with Gasteiger partial charge in [0.25, 0.3) is 0 Å². The molecule has 2 heteroatoms. The van der Waals surface area contributed by atoms with Crippen LogP contribution in [0.4, 0.5) is 0 Å². The minimum Gasteiger partial charge on any atom is -0.304 e. The van der Waals surface area contributed by atoms with E-state index in [9.17, 15) is 0 Å². The number of piperidine rings is 1. The number of nitrogens with zero attached hydrogens (tertiary/aromatic N) is 1. The Morgan fingerprint density at radius 1 is 1.40 bits per heavy atom. The van der Waals surface area contributed by atoms with Crippen molar-refractivity contribution in [2.24, 2.45) is 5.92 Å². The highest BCUT2D eigenvalue weighted by Gasteiger charge is 2.40. The third-order valence-electron chi connectivity index (χ3n) is 4.21. The fourth-order valence-corrected chi connectivity index (χ4v) is 3.31. The van der Waals surface area contributed by atoms with Gasteiger partial charge in [0.15, 0.2) is 0 Å². The molecule has 84 valence electrons. The Kier molecular flexibility index (Phi) is 3.33. The molecule has 0 aromatic rings. The smallest absolute Gasteiger partial charge is 0.0716 e. The minimum atomic E-state index is 0.298. The maximum Gasteiger partial charge on any atom is 0.0716 e. The normalized spacial score (nSPS) is 37.5. The zero-order valence-electron chi connectivity index (χ0n) is 9.87. The van der Waals surface area contributed by atoms with Crippen molar-refractivity contribution >= 4 is 0 Å². The first-order valence-corrected chi connectivity index (χ1v) is 6.17. The molecule has 0 radical (unpaired) electrons. The molecular formula is C13H22N2. The molecule has 2 aliphatic heterocycles. The van der Waals surface area contributed by atoms with E-state index < -0.39 is 0 Å². The van der Waals surface area contributed by atoms with Crippen molar-refractivity contribution in [2.75, 3.05) is 13.6 Å². The van der Waals surface area contributed by atoms with Crippen LogP contribution in [0.3, 0.4) is 0 Å². The number of hydrogen-bond donors (Lipinski definition) is 1. The van der Waals surface area contributed by atoms with E-state index in [0.717, 1.165) is 18.6 Å². The summed E-state index contributed by atoms with van der Waals surface area (Å²) in [7, 11) is 2.27. The van der Waals surface area contributed by atoms with E-state index in [2.05, 4.69) is 30.1 Å². The zero-order chi connectivity index (χ0) is 10.8. The van der Waals surface area contributed by atoms with Gasteiger partial charge in [0.1, 0.15) is 0 Å². The molecule has 3 atom stereocenters. The predicted octanol–water partition coefficient (Wildman–Crippen LogP) is 1.47. The lowest BCUT2D eigenvalue weighted by atomic mass is 9.85. The maximum atomic E-state index is 5.61. The lowest BCUT2D eigenvalue weighted by Crippen LogP contribution is -2.46. The van der Waals surface area contributed by atoms with E-state index in [1.807, 2.05) is 0 Å². The van der Waals surface area contributed by atoms with E-state index in [1.165, 1.54) is 25.7 Å². The molecule has 3 unspecified atom stereocenters. The lowest BCUT2D eigenvalue weighted by molar-refractivity contribution is 0.123. The van der Waals surface area contributed by atoms with E-state index >= 15 is 0 Å². The predicted molar refractivity (Wildman–Crippen MR) is 63.6 cm³/mol. The highest BCUT2D eigenvalue weighted by atomic mass is 15.2. The van der Waals surface area contributed by atoms with Crippen molar-refractivity contribution < 1.29 is 0 Å². The van der Waals surface area contributed by atoms with Crippen LogP contribution < -0.4 is 5.32 Å². The number of terminal acetylenes is 1. The summed E-state index contributed by atoms with van der Waals surface area (Å²) in [5, 5.41) is 3.43. The molecule has 1 N–H and O–H groups in total. The van der Waals surface area contributed by atoms with Gasteiger partial charge in [-0.3, -0.25) is 0 Å². The molecular weight excluding hydrogens is 184 g/mol. The highest BCUT2D eigenvalue weighted by Crippen LogP contribution is 2.38. The third kappa shape index (κ3) is 2.04. The number of nitrogens with one attached hydrogen (secondary N) is 1. The van der Waals surface area contributed by atoms with Crippen LogP contribution in [0.2, 0.25) is 0 Å². The summed E-state index contributed by atoms with van der Waals surface area (Å²) in [4.78, 5) is 2.57. The highest BCUT2D eigenvalue weighted by molar-refractivity contribution is 5.06. The van der Waals surface area contributed by atoms with Crippen LogP contribution >= 0.6 is 0 Å². The molecule has 2 nitrogen and oxygen atoms in total. The monoisotopic (exact) mass is 206 g/mol. The summed E-state index contributed by atoms with van der Waals surface area (Å²) >= 11 is 0. The Bertz CT molecular complexity index is 242. The number of fused-ring (bicyclic) bond motifs is 2. The second kappa shape index (κ2) is 4.55. The summed E-state index contributed by atoms with van der Waals surface area (Å²) in [6.45, 7) is 3.12. The van der Waals surface area contributed by atoms with Crippen LogP contribution in [0.5, 0.6) is 0 Å². The van der Waals surface area contributed by atoms with Gasteiger partial charge in [-0.05, 0) is 45.2 Å². The van der Waals surface area contributed by atoms with Crippen molar-refractivity contribution in [3.63, 3.8) is 0 Å². The van der Waals surface area contributed by atoms with Gasteiger partial charge in [-0.15, -0.1) is 6.42 Å². The topological polar surface area (TPSA) is 15.3 Å². The van der Waals surface area contributed by atoms with E-state index in [-0.39, 0.29) is 0 Å². The van der Waals surface area contributed by atoms with E-state index in [0.29, 0.717) is 12.0 Å². The van der Waals surface area contributed by atoms with Crippen molar-refractivity contribution in [1.29, 1.82) is 0 Å². The SMILES string of the molecule is C#CC(NCC)C1CC2CCC(C1)N2C. The third-order valence-corrected chi connectivity index (χ3v) is 4.21. The van der Waals surface area contributed by atoms with Gasteiger partial charge in [0, 0.05) is 12.1 Å². The molecule has 0 aromatic heterocycles. The summed E-state index contributed by atoms with van der Waals surface area (Å²) in [6, 6.07) is 1.89. The maximum absolute atomic E-state index is 5.61. The lowest BCUT2D eigenvalue weighted by Gasteiger charge is -2.38. The molecule has 2 saturated heterocycles. The number of rotatable bonds is 3. The Morgan fingerprint density at radius 3 is 2.47 bits per heavy atom. The van der Waals surface area contributed by atoms with Gasteiger partial charge in [0.05, 0.1) is 6.04 Å². The average Bonchev–Trinajstić information content (AvgIpc) is 2.50. The molecule has 2 heterocycles. The van der Waals surface area contributed by atoms with Gasteiger partial charge in [-0.2, -0.15) is 0 Å². The summed E-state index contributed by atoms with van der Waals surface area (Å²) in [5.41, 5.74) is 0. The van der Waals surface area contributed by atoms with Crippen molar-refractivity contribution in [3.05, 3.63) is 0 Å². The summed E-state index contributed by atoms with van der Waals surface area (Å²) in [6.07, 6.45) is 10.9.